The molecule has 0 aliphatic rings. The quantitative estimate of drug-likeness (QED) is 0.171. The fourth-order valence-electron chi connectivity index (χ4n) is 4.10. The number of amides is 2. The van der Waals surface area contributed by atoms with E-state index in [1.165, 1.54) is 84.0 Å². The van der Waals surface area contributed by atoms with Crippen molar-refractivity contribution in [1.29, 1.82) is 0 Å². The first-order valence-corrected chi connectivity index (χ1v) is 13.5. The Hall–Kier alpha value is -1.39. The van der Waals surface area contributed by atoms with Crippen molar-refractivity contribution in [2.24, 2.45) is 0 Å². The van der Waals surface area contributed by atoms with Crippen LogP contribution in [0.25, 0.3) is 0 Å². The minimum atomic E-state index is -1.12. The molecule has 0 spiro atoms. The van der Waals surface area contributed by atoms with E-state index >= 15 is 0 Å². The van der Waals surface area contributed by atoms with Gasteiger partial charge in [-0.3, -0.25) is 14.5 Å². The monoisotopic (exact) mass is 453 g/mol. The molecule has 0 rings (SSSR count). The van der Waals surface area contributed by atoms with Gasteiger partial charge in [-0.15, -0.1) is 0 Å². The third kappa shape index (κ3) is 16.3. The summed E-state index contributed by atoms with van der Waals surface area (Å²) >= 11 is 0. The van der Waals surface area contributed by atoms with Crippen LogP contribution in [0, 0.1) is 0 Å². The number of carbonyl (C=O) groups is 3. The van der Waals surface area contributed by atoms with E-state index in [4.69, 9.17) is 0 Å². The van der Waals surface area contributed by atoms with Gasteiger partial charge in [0, 0.05) is 12.8 Å². The van der Waals surface area contributed by atoms with Gasteiger partial charge in [-0.25, -0.2) is 4.79 Å². The predicted octanol–water partition coefficient (Wildman–Crippen LogP) is 7.66. The van der Waals surface area contributed by atoms with E-state index in [-0.39, 0.29) is 24.7 Å². The number of hydrogen-bond donors (Lipinski definition) is 1. The fourth-order valence-corrected chi connectivity index (χ4v) is 4.10. The molecule has 188 valence electrons. The Morgan fingerprint density at radius 2 is 0.844 bits per heavy atom. The molecule has 0 heterocycles. The molecule has 0 aromatic carbocycles. The van der Waals surface area contributed by atoms with Gasteiger partial charge in [0.2, 0.25) is 11.8 Å². The number of hydrogen-bond acceptors (Lipinski definition) is 3. The van der Waals surface area contributed by atoms with E-state index in [0.717, 1.165) is 43.4 Å². The zero-order valence-electron chi connectivity index (χ0n) is 21.3. The zero-order valence-corrected chi connectivity index (χ0v) is 21.3. The second-order valence-corrected chi connectivity index (χ2v) is 9.33. The molecule has 1 N–H and O–H groups in total. The Morgan fingerprint density at radius 3 is 1.12 bits per heavy atom. The van der Waals surface area contributed by atoms with E-state index in [1.54, 1.807) is 0 Å². The summed E-state index contributed by atoms with van der Waals surface area (Å²) in [5, 5.41) is 9.36. The first-order chi connectivity index (χ1) is 15.5. The maximum atomic E-state index is 12.6. The van der Waals surface area contributed by atoms with Crippen molar-refractivity contribution in [2.45, 2.75) is 155 Å². The van der Waals surface area contributed by atoms with Crippen molar-refractivity contribution in [1.82, 2.24) is 4.90 Å². The number of aliphatic carboxylic acids is 1. The van der Waals surface area contributed by atoms with Gasteiger partial charge in [-0.2, -0.15) is 0 Å². The van der Waals surface area contributed by atoms with Gasteiger partial charge in [0.05, 0.1) is 0 Å². The summed E-state index contributed by atoms with van der Waals surface area (Å²) < 4.78 is 0. The van der Waals surface area contributed by atoms with Crippen LogP contribution in [0.3, 0.4) is 0 Å². The van der Waals surface area contributed by atoms with Gasteiger partial charge in [0.25, 0.3) is 0 Å². The first-order valence-electron chi connectivity index (χ1n) is 13.5. The second-order valence-electron chi connectivity index (χ2n) is 9.33. The maximum Gasteiger partial charge on any atom is 0.326 e. The lowest BCUT2D eigenvalue weighted by molar-refractivity contribution is -0.157. The molecule has 5 heteroatoms. The molecule has 0 saturated heterocycles. The molecule has 0 fully saturated rings. The minimum absolute atomic E-state index is 0.261. The highest BCUT2D eigenvalue weighted by atomic mass is 16.4. The van der Waals surface area contributed by atoms with Crippen molar-refractivity contribution in [3.05, 3.63) is 0 Å². The summed E-state index contributed by atoms with van der Waals surface area (Å²) in [4.78, 5) is 37.7. The summed E-state index contributed by atoms with van der Waals surface area (Å²) in [7, 11) is 0. The molecule has 1 atom stereocenters. The second kappa shape index (κ2) is 21.5. The molecular weight excluding hydrogens is 402 g/mol. The number of carbonyl (C=O) groups excluding carboxylic acids is 2. The van der Waals surface area contributed by atoms with Gasteiger partial charge in [-0.1, -0.05) is 117 Å². The standard InChI is InChI=1S/C27H51NO4/c1-4-6-8-10-12-14-16-18-20-22-25(29)28(24(3)27(31)32)26(30)23-21-19-17-15-13-11-9-7-5-2/h24H,4-23H2,1-3H3,(H,31,32). The lowest BCUT2D eigenvalue weighted by Crippen LogP contribution is -2.47. The van der Waals surface area contributed by atoms with Crippen LogP contribution < -0.4 is 0 Å². The highest BCUT2D eigenvalue weighted by Gasteiger charge is 2.30. The van der Waals surface area contributed by atoms with Crippen LogP contribution in [0.4, 0.5) is 0 Å². The van der Waals surface area contributed by atoms with E-state index < -0.39 is 12.0 Å². The van der Waals surface area contributed by atoms with Gasteiger partial charge in [0.15, 0.2) is 0 Å². The Kier molecular flexibility index (Phi) is 20.5. The van der Waals surface area contributed by atoms with Gasteiger partial charge < -0.3 is 5.11 Å². The predicted molar refractivity (Wildman–Crippen MR) is 133 cm³/mol. The number of imide groups is 1. The topological polar surface area (TPSA) is 74.7 Å². The van der Waals surface area contributed by atoms with Crippen LogP contribution in [0.15, 0.2) is 0 Å². The summed E-state index contributed by atoms with van der Waals surface area (Å²) in [6.07, 6.45) is 21.2. The van der Waals surface area contributed by atoms with Gasteiger partial charge in [0.1, 0.15) is 6.04 Å². The van der Waals surface area contributed by atoms with Crippen LogP contribution in [0.1, 0.15) is 149 Å². The first kappa shape index (κ1) is 30.6. The van der Waals surface area contributed by atoms with E-state index in [2.05, 4.69) is 13.8 Å². The molecule has 0 aromatic heterocycles. The fraction of sp³-hybridized carbons (Fsp3) is 0.889. The SMILES string of the molecule is CCCCCCCCCCCC(=O)N(C(=O)CCCCCCCCCCC)C(C)C(=O)O. The Morgan fingerprint density at radius 1 is 0.562 bits per heavy atom. The van der Waals surface area contributed by atoms with Crippen LogP contribution in [-0.4, -0.2) is 33.8 Å². The van der Waals surface area contributed by atoms with Crippen molar-refractivity contribution in [3.63, 3.8) is 0 Å². The normalized spacial score (nSPS) is 12.0. The number of unbranched alkanes of at least 4 members (excludes halogenated alkanes) is 16. The van der Waals surface area contributed by atoms with Crippen molar-refractivity contribution in [3.8, 4) is 0 Å². The van der Waals surface area contributed by atoms with Crippen LogP contribution in [0.5, 0.6) is 0 Å². The highest BCUT2D eigenvalue weighted by molar-refractivity contribution is 5.99. The van der Waals surface area contributed by atoms with Crippen LogP contribution >= 0.6 is 0 Å². The van der Waals surface area contributed by atoms with Crippen LogP contribution in [0.2, 0.25) is 0 Å². The third-order valence-electron chi connectivity index (χ3n) is 6.27. The maximum absolute atomic E-state index is 12.6. The largest absolute Gasteiger partial charge is 0.480 e. The zero-order chi connectivity index (χ0) is 24.0. The Balaban J connectivity index is 4.17. The molecular formula is C27H51NO4. The van der Waals surface area contributed by atoms with Crippen molar-refractivity contribution >= 4 is 17.8 Å². The summed E-state index contributed by atoms with van der Waals surface area (Å²) in [5.41, 5.74) is 0. The molecule has 5 nitrogen and oxygen atoms in total. The van der Waals surface area contributed by atoms with Gasteiger partial charge >= 0.3 is 5.97 Å². The molecule has 0 aliphatic heterocycles. The van der Waals surface area contributed by atoms with Crippen molar-refractivity contribution < 1.29 is 19.5 Å². The Labute approximate surface area is 197 Å². The molecule has 2 amide bonds. The molecule has 0 bridgehead atoms. The van der Waals surface area contributed by atoms with Gasteiger partial charge in [-0.05, 0) is 19.8 Å². The van der Waals surface area contributed by atoms with Crippen LogP contribution in [-0.2, 0) is 14.4 Å². The van der Waals surface area contributed by atoms with E-state index in [9.17, 15) is 19.5 Å². The minimum Gasteiger partial charge on any atom is -0.480 e. The number of nitrogens with zero attached hydrogens (tertiary/aromatic N) is 1. The molecule has 32 heavy (non-hydrogen) atoms. The number of carboxylic acids is 1. The molecule has 0 radical (unpaired) electrons. The molecule has 0 aromatic rings. The third-order valence-corrected chi connectivity index (χ3v) is 6.27. The van der Waals surface area contributed by atoms with E-state index in [0.29, 0.717) is 0 Å². The van der Waals surface area contributed by atoms with E-state index in [1.807, 2.05) is 0 Å². The summed E-state index contributed by atoms with van der Waals surface area (Å²) in [6.45, 7) is 5.87. The average molecular weight is 454 g/mol. The Bertz CT molecular complexity index is 458. The smallest absolute Gasteiger partial charge is 0.326 e. The lowest BCUT2D eigenvalue weighted by Gasteiger charge is -2.25. The summed E-state index contributed by atoms with van der Waals surface area (Å²) in [5.74, 6) is -1.78. The number of carboxylic acid groups (broad SMARTS) is 1. The lowest BCUT2D eigenvalue weighted by atomic mass is 10.0. The molecule has 1 unspecified atom stereocenters. The van der Waals surface area contributed by atoms with Crippen molar-refractivity contribution in [2.75, 3.05) is 0 Å². The summed E-state index contributed by atoms with van der Waals surface area (Å²) in [6, 6.07) is -1.09. The molecule has 0 saturated carbocycles. The highest BCUT2D eigenvalue weighted by Crippen LogP contribution is 2.15. The number of rotatable bonds is 22. The average Bonchev–Trinajstić information content (AvgIpc) is 2.76. The molecule has 0 aliphatic carbocycles.